The van der Waals surface area contributed by atoms with Crippen molar-refractivity contribution >= 4 is 17.6 Å². The van der Waals surface area contributed by atoms with Gasteiger partial charge in [0.2, 0.25) is 5.91 Å². The molecule has 0 atom stereocenters. The molecule has 0 saturated heterocycles. The Balaban J connectivity index is 2.11. The standard InChI is InChI=1S/C12H10N4O5/c17-9(2-7-3-10(18)16-12(21)15-7)14-8-1-6(11(19)20)4-13-5-8/h1,3-5H,2H2,(H,14,17)(H,19,20)(H2,15,16,18,21). The number of anilines is 1. The number of nitrogens with one attached hydrogen (secondary N) is 3. The molecule has 0 aliphatic heterocycles. The van der Waals surface area contributed by atoms with E-state index in [1.807, 2.05) is 4.98 Å². The van der Waals surface area contributed by atoms with Gasteiger partial charge < -0.3 is 15.4 Å². The smallest absolute Gasteiger partial charge is 0.337 e. The second kappa shape index (κ2) is 5.82. The Morgan fingerprint density at radius 3 is 2.62 bits per heavy atom. The van der Waals surface area contributed by atoms with E-state index in [4.69, 9.17) is 5.11 Å². The molecule has 9 nitrogen and oxygen atoms in total. The quantitative estimate of drug-likeness (QED) is 0.588. The van der Waals surface area contributed by atoms with Gasteiger partial charge in [0.25, 0.3) is 5.56 Å². The number of nitrogens with zero attached hydrogens (tertiary/aromatic N) is 1. The molecule has 4 N–H and O–H groups in total. The highest BCUT2D eigenvalue weighted by Gasteiger charge is 2.09. The van der Waals surface area contributed by atoms with Crippen LogP contribution in [0.15, 0.2) is 34.1 Å². The summed E-state index contributed by atoms with van der Waals surface area (Å²) in [5, 5.41) is 11.2. The van der Waals surface area contributed by atoms with Crippen LogP contribution in [0.25, 0.3) is 0 Å². The van der Waals surface area contributed by atoms with E-state index >= 15 is 0 Å². The van der Waals surface area contributed by atoms with Gasteiger partial charge in [-0.2, -0.15) is 0 Å². The second-order valence-electron chi connectivity index (χ2n) is 4.11. The van der Waals surface area contributed by atoms with Gasteiger partial charge in [0.1, 0.15) is 0 Å². The molecule has 2 aromatic heterocycles. The van der Waals surface area contributed by atoms with Gasteiger partial charge in [-0.25, -0.2) is 9.59 Å². The van der Waals surface area contributed by atoms with Crippen molar-refractivity contribution in [3.05, 3.63) is 56.6 Å². The van der Waals surface area contributed by atoms with Crippen molar-refractivity contribution in [2.45, 2.75) is 6.42 Å². The average Bonchev–Trinajstić information content (AvgIpc) is 2.37. The van der Waals surface area contributed by atoms with Crippen LogP contribution in [-0.2, 0) is 11.2 Å². The normalized spacial score (nSPS) is 10.1. The predicted octanol–water partition coefficient (Wildman–Crippen LogP) is -0.662. The largest absolute Gasteiger partial charge is 0.478 e. The Kier molecular flexibility index (Phi) is 3.93. The van der Waals surface area contributed by atoms with Crippen molar-refractivity contribution in [3.63, 3.8) is 0 Å². The molecule has 0 fully saturated rings. The summed E-state index contributed by atoms with van der Waals surface area (Å²) < 4.78 is 0. The van der Waals surface area contributed by atoms with Gasteiger partial charge >= 0.3 is 11.7 Å². The molecule has 0 saturated carbocycles. The number of hydrogen-bond donors (Lipinski definition) is 4. The molecule has 0 unspecified atom stereocenters. The Bertz CT molecular complexity index is 779. The molecule has 21 heavy (non-hydrogen) atoms. The van der Waals surface area contributed by atoms with Gasteiger partial charge in [-0.05, 0) is 6.07 Å². The van der Waals surface area contributed by atoms with Gasteiger partial charge in [-0.3, -0.25) is 19.6 Å². The van der Waals surface area contributed by atoms with Crippen molar-refractivity contribution < 1.29 is 14.7 Å². The third-order valence-electron chi connectivity index (χ3n) is 2.44. The summed E-state index contributed by atoms with van der Waals surface area (Å²) >= 11 is 0. The van der Waals surface area contributed by atoms with Crippen molar-refractivity contribution in [1.29, 1.82) is 0 Å². The zero-order chi connectivity index (χ0) is 15.4. The molecule has 0 aromatic carbocycles. The van der Waals surface area contributed by atoms with E-state index in [2.05, 4.69) is 15.3 Å². The first-order chi connectivity index (χ1) is 9.94. The molecule has 0 aliphatic carbocycles. The molecule has 0 aliphatic rings. The number of aromatic nitrogens is 3. The summed E-state index contributed by atoms with van der Waals surface area (Å²) in [6, 6.07) is 2.33. The minimum Gasteiger partial charge on any atom is -0.478 e. The lowest BCUT2D eigenvalue weighted by atomic mass is 10.2. The number of rotatable bonds is 4. The van der Waals surface area contributed by atoms with E-state index in [1.165, 1.54) is 12.3 Å². The highest BCUT2D eigenvalue weighted by Crippen LogP contribution is 2.08. The van der Waals surface area contributed by atoms with Crippen LogP contribution in [-0.4, -0.2) is 31.9 Å². The van der Waals surface area contributed by atoms with Crippen molar-refractivity contribution in [2.24, 2.45) is 0 Å². The maximum Gasteiger partial charge on any atom is 0.337 e. The summed E-state index contributed by atoms with van der Waals surface area (Å²) in [7, 11) is 0. The molecule has 0 radical (unpaired) electrons. The van der Waals surface area contributed by atoms with Gasteiger partial charge in [0.15, 0.2) is 0 Å². The number of aromatic amines is 2. The summed E-state index contributed by atoms with van der Waals surface area (Å²) in [5.74, 6) is -1.70. The number of carboxylic acid groups (broad SMARTS) is 1. The molecule has 2 aromatic rings. The highest BCUT2D eigenvalue weighted by atomic mass is 16.4. The van der Waals surface area contributed by atoms with Crippen molar-refractivity contribution in [2.75, 3.05) is 5.32 Å². The summed E-state index contributed by atoms with van der Waals surface area (Å²) in [6.07, 6.45) is 2.19. The van der Waals surface area contributed by atoms with Crippen LogP contribution < -0.4 is 16.6 Å². The molecule has 0 spiro atoms. The van der Waals surface area contributed by atoms with Crippen LogP contribution in [0.4, 0.5) is 5.69 Å². The van der Waals surface area contributed by atoms with E-state index in [-0.39, 0.29) is 23.4 Å². The third-order valence-corrected chi connectivity index (χ3v) is 2.44. The van der Waals surface area contributed by atoms with Gasteiger partial charge in [-0.15, -0.1) is 0 Å². The first-order valence-electron chi connectivity index (χ1n) is 5.75. The van der Waals surface area contributed by atoms with Crippen LogP contribution in [0, 0.1) is 0 Å². The fraction of sp³-hybridized carbons (Fsp3) is 0.0833. The zero-order valence-corrected chi connectivity index (χ0v) is 10.5. The Morgan fingerprint density at radius 2 is 1.95 bits per heavy atom. The monoisotopic (exact) mass is 290 g/mol. The lowest BCUT2D eigenvalue weighted by molar-refractivity contribution is -0.115. The maximum atomic E-state index is 11.8. The molecule has 1 amide bonds. The number of carbonyl (C=O) groups excluding carboxylic acids is 1. The lowest BCUT2D eigenvalue weighted by Gasteiger charge is -2.05. The van der Waals surface area contributed by atoms with E-state index in [0.717, 1.165) is 12.3 Å². The van der Waals surface area contributed by atoms with Gasteiger partial charge in [0.05, 0.1) is 23.9 Å². The van der Waals surface area contributed by atoms with Crippen molar-refractivity contribution in [3.8, 4) is 0 Å². The number of carboxylic acids is 1. The fourth-order valence-corrected chi connectivity index (χ4v) is 1.62. The second-order valence-corrected chi connectivity index (χ2v) is 4.11. The summed E-state index contributed by atoms with van der Waals surface area (Å²) in [5.41, 5.74) is -1.05. The minimum atomic E-state index is -1.17. The van der Waals surface area contributed by atoms with Crippen LogP contribution in [0.3, 0.4) is 0 Å². The van der Waals surface area contributed by atoms with E-state index < -0.39 is 23.1 Å². The summed E-state index contributed by atoms with van der Waals surface area (Å²) in [6.45, 7) is 0. The van der Waals surface area contributed by atoms with Crippen LogP contribution in [0.5, 0.6) is 0 Å². The van der Waals surface area contributed by atoms with Crippen LogP contribution >= 0.6 is 0 Å². The van der Waals surface area contributed by atoms with E-state index in [9.17, 15) is 19.2 Å². The average molecular weight is 290 g/mol. The van der Waals surface area contributed by atoms with E-state index in [0.29, 0.717) is 0 Å². The number of pyridine rings is 1. The number of carbonyl (C=O) groups is 2. The molecule has 2 rings (SSSR count). The number of H-pyrrole nitrogens is 2. The number of hydrogen-bond acceptors (Lipinski definition) is 5. The predicted molar refractivity (Wildman–Crippen MR) is 71.2 cm³/mol. The van der Waals surface area contributed by atoms with Crippen LogP contribution in [0.1, 0.15) is 16.1 Å². The first kappa shape index (κ1) is 14.2. The van der Waals surface area contributed by atoms with Gasteiger partial charge in [0, 0.05) is 18.0 Å². The van der Waals surface area contributed by atoms with Gasteiger partial charge in [-0.1, -0.05) is 0 Å². The van der Waals surface area contributed by atoms with E-state index in [1.54, 1.807) is 0 Å². The van der Waals surface area contributed by atoms with Crippen molar-refractivity contribution in [1.82, 2.24) is 15.0 Å². The lowest BCUT2D eigenvalue weighted by Crippen LogP contribution is -2.25. The Labute approximate surface area is 116 Å². The topological polar surface area (TPSA) is 145 Å². The van der Waals surface area contributed by atoms with Crippen LogP contribution in [0.2, 0.25) is 0 Å². The fourth-order valence-electron chi connectivity index (χ4n) is 1.62. The molecular formula is C12H10N4O5. The number of amides is 1. The SMILES string of the molecule is O=C(Cc1cc(=O)[nH]c(=O)[nH]1)Nc1cncc(C(=O)O)c1. The zero-order valence-electron chi connectivity index (χ0n) is 10.5. The molecule has 108 valence electrons. The molecule has 0 bridgehead atoms. The Hall–Kier alpha value is -3.23. The molecular weight excluding hydrogens is 280 g/mol. The first-order valence-corrected chi connectivity index (χ1v) is 5.75. The highest BCUT2D eigenvalue weighted by molar-refractivity contribution is 5.94. The number of aromatic carboxylic acids is 1. The minimum absolute atomic E-state index is 0.0719. The third kappa shape index (κ3) is 3.86. The molecule has 9 heteroatoms. The Morgan fingerprint density at radius 1 is 1.19 bits per heavy atom. The maximum absolute atomic E-state index is 11.8. The summed E-state index contributed by atoms with van der Waals surface area (Å²) in [4.78, 5) is 52.7. The molecule has 2 heterocycles.